The second kappa shape index (κ2) is 5.84. The molecule has 0 saturated carbocycles. The van der Waals surface area contributed by atoms with Gasteiger partial charge in [-0.1, -0.05) is 23.1 Å². The fraction of sp³-hybridized carbons (Fsp3) is 0.182. The molecule has 0 radical (unpaired) electrons. The molecular formula is C11H7ClN4O2S3. The van der Waals surface area contributed by atoms with Crippen LogP contribution >= 0.6 is 46.0 Å². The Balaban J connectivity index is 1.96. The number of halogens is 1. The molecule has 0 unspecified atom stereocenters. The van der Waals surface area contributed by atoms with Gasteiger partial charge in [-0.3, -0.25) is 0 Å². The Morgan fingerprint density at radius 1 is 1.38 bits per heavy atom. The molecule has 3 rings (SSSR count). The van der Waals surface area contributed by atoms with Crippen LogP contribution in [0.1, 0.15) is 20.2 Å². The molecule has 108 valence electrons. The number of fused-ring (bicyclic) bond motifs is 1. The fourth-order valence-corrected chi connectivity index (χ4v) is 4.74. The topological polar surface area (TPSA) is 88.9 Å². The summed E-state index contributed by atoms with van der Waals surface area (Å²) >= 11 is 9.69. The summed E-state index contributed by atoms with van der Waals surface area (Å²) in [5, 5.41) is 19.2. The summed E-state index contributed by atoms with van der Waals surface area (Å²) in [6, 6.07) is 0. The number of carboxylic acids is 1. The number of aryl methyl sites for hydroxylation is 1. The van der Waals surface area contributed by atoms with Crippen LogP contribution in [0.3, 0.4) is 0 Å². The predicted molar refractivity (Wildman–Crippen MR) is 83.6 cm³/mol. The molecule has 0 fully saturated rings. The Morgan fingerprint density at radius 3 is 2.86 bits per heavy atom. The van der Waals surface area contributed by atoms with Crippen LogP contribution in [-0.4, -0.2) is 31.2 Å². The van der Waals surface area contributed by atoms with Gasteiger partial charge in [-0.05, 0) is 24.1 Å². The van der Waals surface area contributed by atoms with E-state index < -0.39 is 5.97 Å². The van der Waals surface area contributed by atoms with Gasteiger partial charge in [0, 0.05) is 5.39 Å². The third kappa shape index (κ3) is 2.86. The summed E-state index contributed by atoms with van der Waals surface area (Å²) in [6.07, 6.45) is 1.44. The molecule has 3 aromatic rings. The molecule has 0 spiro atoms. The molecular weight excluding hydrogens is 352 g/mol. The number of thioether (sulfide) groups is 1. The first-order chi connectivity index (χ1) is 10.1. The van der Waals surface area contributed by atoms with Crippen LogP contribution in [0, 0.1) is 6.92 Å². The van der Waals surface area contributed by atoms with Crippen molar-refractivity contribution < 1.29 is 9.90 Å². The molecule has 0 aliphatic rings. The number of aromatic nitrogens is 4. The van der Waals surface area contributed by atoms with E-state index in [-0.39, 0.29) is 0 Å². The molecule has 10 heteroatoms. The number of carbonyl (C=O) groups is 1. The first kappa shape index (κ1) is 14.6. The van der Waals surface area contributed by atoms with E-state index in [1.165, 1.54) is 29.4 Å². The third-order valence-electron chi connectivity index (χ3n) is 2.66. The molecule has 21 heavy (non-hydrogen) atoms. The Morgan fingerprint density at radius 2 is 2.19 bits per heavy atom. The summed E-state index contributed by atoms with van der Waals surface area (Å²) in [6.45, 7) is 1.78. The highest BCUT2D eigenvalue weighted by Gasteiger charge is 2.19. The third-order valence-corrected chi connectivity index (χ3v) is 6.05. The van der Waals surface area contributed by atoms with Crippen molar-refractivity contribution in [1.29, 1.82) is 0 Å². The quantitative estimate of drug-likeness (QED) is 0.564. The summed E-state index contributed by atoms with van der Waals surface area (Å²) in [7, 11) is 0. The highest BCUT2D eigenvalue weighted by molar-refractivity contribution is 7.98. The molecule has 3 aromatic heterocycles. The van der Waals surface area contributed by atoms with E-state index in [1.54, 1.807) is 6.92 Å². The molecule has 0 aromatic carbocycles. The van der Waals surface area contributed by atoms with Gasteiger partial charge in [-0.2, -0.15) is 0 Å². The van der Waals surface area contributed by atoms with E-state index in [4.69, 9.17) is 11.6 Å². The average molecular weight is 359 g/mol. The zero-order chi connectivity index (χ0) is 15.0. The Hall–Kier alpha value is -1.29. The highest BCUT2D eigenvalue weighted by atomic mass is 35.5. The molecule has 0 saturated heterocycles. The van der Waals surface area contributed by atoms with Crippen LogP contribution in [0.2, 0.25) is 4.47 Å². The van der Waals surface area contributed by atoms with Gasteiger partial charge in [-0.25, -0.2) is 14.8 Å². The lowest BCUT2D eigenvalue weighted by molar-refractivity contribution is 0.0701. The van der Waals surface area contributed by atoms with Crippen LogP contribution in [0.4, 0.5) is 0 Å². The molecule has 0 atom stereocenters. The lowest BCUT2D eigenvalue weighted by atomic mass is 10.2. The monoisotopic (exact) mass is 358 g/mol. The Labute approximate surface area is 136 Å². The van der Waals surface area contributed by atoms with E-state index in [0.29, 0.717) is 25.5 Å². The maximum absolute atomic E-state index is 11.2. The molecule has 6 nitrogen and oxygen atoms in total. The van der Waals surface area contributed by atoms with Crippen LogP contribution in [0.15, 0.2) is 11.4 Å². The normalized spacial score (nSPS) is 11.1. The molecule has 0 bridgehead atoms. The predicted octanol–water partition coefficient (Wildman–Crippen LogP) is 3.50. The lowest BCUT2D eigenvalue weighted by Crippen LogP contribution is -1.94. The van der Waals surface area contributed by atoms with Gasteiger partial charge in [0.25, 0.3) is 0 Å². The molecule has 0 amide bonds. The average Bonchev–Trinajstić information content (AvgIpc) is 3.01. The second-order valence-corrected chi connectivity index (χ2v) is 7.57. The van der Waals surface area contributed by atoms with Crippen molar-refractivity contribution in [2.45, 2.75) is 17.7 Å². The van der Waals surface area contributed by atoms with E-state index in [0.717, 1.165) is 26.8 Å². The molecule has 0 aliphatic carbocycles. The van der Waals surface area contributed by atoms with E-state index in [2.05, 4.69) is 20.2 Å². The van der Waals surface area contributed by atoms with Gasteiger partial charge in [0.15, 0.2) is 0 Å². The number of hydrogen-bond donors (Lipinski definition) is 1. The summed E-state index contributed by atoms with van der Waals surface area (Å²) in [5.74, 6) is -0.365. The van der Waals surface area contributed by atoms with E-state index >= 15 is 0 Å². The molecule has 3 heterocycles. The number of hydrogen-bond acceptors (Lipinski definition) is 8. The SMILES string of the molecule is Cc1c(C(=O)O)sc2ncnc(SCc3nnc(Cl)s3)c12. The molecule has 1 N–H and O–H groups in total. The number of carboxylic acid groups (broad SMARTS) is 1. The summed E-state index contributed by atoms with van der Waals surface area (Å²) in [5.41, 5.74) is 0.695. The smallest absolute Gasteiger partial charge is 0.346 e. The first-order valence-electron chi connectivity index (χ1n) is 5.64. The minimum absolute atomic E-state index is 0.298. The van der Waals surface area contributed by atoms with Gasteiger partial charge in [0.2, 0.25) is 4.47 Å². The number of thiophene rings is 1. The van der Waals surface area contributed by atoms with E-state index in [9.17, 15) is 9.90 Å². The van der Waals surface area contributed by atoms with Crippen molar-refractivity contribution in [1.82, 2.24) is 20.2 Å². The van der Waals surface area contributed by atoms with Gasteiger partial charge >= 0.3 is 5.97 Å². The Kier molecular flexibility index (Phi) is 4.07. The van der Waals surface area contributed by atoms with Gasteiger partial charge in [0.1, 0.15) is 26.1 Å². The number of rotatable bonds is 4. The van der Waals surface area contributed by atoms with Crippen LogP contribution in [-0.2, 0) is 5.75 Å². The summed E-state index contributed by atoms with van der Waals surface area (Å²) in [4.78, 5) is 20.6. The zero-order valence-corrected chi connectivity index (χ0v) is 13.7. The van der Waals surface area contributed by atoms with Crippen LogP contribution < -0.4 is 0 Å². The standard InChI is InChI=1S/C11H7ClN4O2S3/c1-4-6-8(19-2-5-15-16-11(12)20-5)13-3-14-9(6)21-7(4)10(17)18/h3H,2H2,1H3,(H,17,18). The highest BCUT2D eigenvalue weighted by Crippen LogP contribution is 2.36. The van der Waals surface area contributed by atoms with Crippen molar-refractivity contribution in [2.24, 2.45) is 0 Å². The maximum Gasteiger partial charge on any atom is 0.346 e. The zero-order valence-electron chi connectivity index (χ0n) is 10.5. The second-order valence-electron chi connectivity index (χ2n) is 3.96. The van der Waals surface area contributed by atoms with Crippen molar-refractivity contribution in [3.63, 3.8) is 0 Å². The lowest BCUT2D eigenvalue weighted by Gasteiger charge is -2.01. The maximum atomic E-state index is 11.2. The fourth-order valence-electron chi connectivity index (χ4n) is 1.77. The number of aromatic carboxylic acids is 1. The minimum atomic E-state index is -0.942. The number of nitrogens with zero attached hydrogens (tertiary/aromatic N) is 4. The van der Waals surface area contributed by atoms with Crippen molar-refractivity contribution >= 4 is 62.2 Å². The van der Waals surface area contributed by atoms with Gasteiger partial charge in [0.05, 0.1) is 5.75 Å². The van der Waals surface area contributed by atoms with Crippen molar-refractivity contribution in [3.05, 3.63) is 26.2 Å². The molecule has 0 aliphatic heterocycles. The van der Waals surface area contributed by atoms with E-state index in [1.807, 2.05) is 0 Å². The van der Waals surface area contributed by atoms with Crippen molar-refractivity contribution in [3.8, 4) is 0 Å². The van der Waals surface area contributed by atoms with Gasteiger partial charge in [-0.15, -0.1) is 21.5 Å². The largest absolute Gasteiger partial charge is 0.477 e. The van der Waals surface area contributed by atoms with Crippen LogP contribution in [0.25, 0.3) is 10.2 Å². The first-order valence-corrected chi connectivity index (χ1v) is 8.64. The van der Waals surface area contributed by atoms with Crippen molar-refractivity contribution in [2.75, 3.05) is 0 Å². The minimum Gasteiger partial charge on any atom is -0.477 e. The Bertz CT molecular complexity index is 832. The summed E-state index contributed by atoms with van der Waals surface area (Å²) < 4.78 is 0.401. The van der Waals surface area contributed by atoms with Crippen LogP contribution in [0.5, 0.6) is 0 Å². The van der Waals surface area contributed by atoms with Gasteiger partial charge < -0.3 is 5.11 Å².